The van der Waals surface area contributed by atoms with Crippen LogP contribution in [-0.4, -0.2) is 16.5 Å². The molecule has 0 bridgehead atoms. The minimum Gasteiger partial charge on any atom is -0.306 e. The van der Waals surface area contributed by atoms with E-state index in [9.17, 15) is 0 Å². The molecule has 0 fully saturated rings. The van der Waals surface area contributed by atoms with Gasteiger partial charge in [-0.3, -0.25) is 0 Å². The minimum atomic E-state index is 0.219. The van der Waals surface area contributed by atoms with Crippen molar-refractivity contribution in [1.82, 2.24) is 15.3 Å². The molecule has 4 heteroatoms. The van der Waals surface area contributed by atoms with Crippen LogP contribution in [0.5, 0.6) is 0 Å². The zero-order chi connectivity index (χ0) is 12.1. The van der Waals surface area contributed by atoms with Crippen LogP contribution in [0.4, 0.5) is 0 Å². The molecule has 0 aliphatic carbocycles. The molecule has 1 unspecified atom stereocenters. The Kier molecular flexibility index (Phi) is 4.23. The highest BCUT2D eigenvalue weighted by Gasteiger charge is 2.17. The van der Waals surface area contributed by atoms with Gasteiger partial charge in [-0.15, -0.1) is 11.3 Å². The van der Waals surface area contributed by atoms with Gasteiger partial charge in [-0.1, -0.05) is 13.8 Å². The van der Waals surface area contributed by atoms with Crippen LogP contribution in [0.2, 0.25) is 0 Å². The smallest absolute Gasteiger partial charge is 0.115 e. The Morgan fingerprint density at radius 3 is 2.71 bits per heavy atom. The van der Waals surface area contributed by atoms with Crippen LogP contribution in [0.3, 0.4) is 0 Å². The van der Waals surface area contributed by atoms with E-state index in [1.807, 2.05) is 12.4 Å². The van der Waals surface area contributed by atoms with Crippen molar-refractivity contribution in [3.63, 3.8) is 0 Å². The molecular weight excluding hydrogens is 230 g/mol. The van der Waals surface area contributed by atoms with Gasteiger partial charge in [-0.2, -0.15) is 0 Å². The van der Waals surface area contributed by atoms with Gasteiger partial charge in [0.05, 0.1) is 6.04 Å². The van der Waals surface area contributed by atoms with Gasteiger partial charge in [0.2, 0.25) is 0 Å². The van der Waals surface area contributed by atoms with Gasteiger partial charge in [0.25, 0.3) is 0 Å². The van der Waals surface area contributed by atoms with E-state index in [-0.39, 0.29) is 6.04 Å². The van der Waals surface area contributed by atoms with Gasteiger partial charge in [0.15, 0.2) is 0 Å². The van der Waals surface area contributed by atoms with Crippen molar-refractivity contribution in [1.29, 1.82) is 0 Å². The Morgan fingerprint density at radius 1 is 1.29 bits per heavy atom. The van der Waals surface area contributed by atoms with E-state index in [0.717, 1.165) is 18.5 Å². The van der Waals surface area contributed by atoms with Gasteiger partial charge >= 0.3 is 0 Å². The monoisotopic (exact) mass is 247 g/mol. The van der Waals surface area contributed by atoms with Crippen molar-refractivity contribution >= 4 is 11.3 Å². The molecule has 0 saturated carbocycles. The maximum Gasteiger partial charge on any atom is 0.115 e. The Balaban J connectivity index is 2.36. The topological polar surface area (TPSA) is 37.8 Å². The molecule has 1 atom stereocenters. The SMILES string of the molecule is CCNC(c1cncnc1)c1sccc1CC. The maximum atomic E-state index is 4.11. The van der Waals surface area contributed by atoms with Crippen molar-refractivity contribution < 1.29 is 0 Å². The predicted octanol–water partition coefficient (Wildman–Crippen LogP) is 2.80. The average Bonchev–Trinajstić information content (AvgIpc) is 2.85. The van der Waals surface area contributed by atoms with Crippen LogP contribution in [0.25, 0.3) is 0 Å². The molecule has 0 spiro atoms. The van der Waals surface area contributed by atoms with Gasteiger partial charge in [-0.25, -0.2) is 9.97 Å². The van der Waals surface area contributed by atoms with Crippen molar-refractivity contribution in [2.24, 2.45) is 0 Å². The number of aromatic nitrogens is 2. The molecule has 0 aliphatic rings. The highest BCUT2D eigenvalue weighted by molar-refractivity contribution is 7.10. The molecule has 0 aliphatic heterocycles. The Labute approximate surface area is 106 Å². The third-order valence-corrected chi connectivity index (χ3v) is 3.77. The van der Waals surface area contributed by atoms with Crippen LogP contribution < -0.4 is 5.32 Å². The largest absolute Gasteiger partial charge is 0.306 e. The highest BCUT2D eigenvalue weighted by Crippen LogP contribution is 2.29. The summed E-state index contributed by atoms with van der Waals surface area (Å²) >= 11 is 1.80. The third kappa shape index (κ3) is 2.70. The summed E-state index contributed by atoms with van der Waals surface area (Å²) in [5, 5.41) is 5.66. The van der Waals surface area contributed by atoms with Crippen LogP contribution >= 0.6 is 11.3 Å². The van der Waals surface area contributed by atoms with Crippen LogP contribution in [-0.2, 0) is 6.42 Å². The summed E-state index contributed by atoms with van der Waals surface area (Å²) < 4.78 is 0. The Bertz CT molecular complexity index is 453. The van der Waals surface area contributed by atoms with Crippen molar-refractivity contribution in [2.75, 3.05) is 6.54 Å². The number of thiophene rings is 1. The lowest BCUT2D eigenvalue weighted by atomic mass is 10.0. The van der Waals surface area contributed by atoms with Gasteiger partial charge in [0.1, 0.15) is 6.33 Å². The van der Waals surface area contributed by atoms with Crippen molar-refractivity contribution in [3.05, 3.63) is 46.2 Å². The first-order valence-corrected chi connectivity index (χ1v) is 6.79. The fourth-order valence-electron chi connectivity index (χ4n) is 1.92. The third-order valence-electron chi connectivity index (χ3n) is 2.75. The molecule has 3 nitrogen and oxygen atoms in total. The average molecular weight is 247 g/mol. The summed E-state index contributed by atoms with van der Waals surface area (Å²) in [4.78, 5) is 9.59. The van der Waals surface area contributed by atoms with Crippen LogP contribution in [0.15, 0.2) is 30.2 Å². The van der Waals surface area contributed by atoms with E-state index in [4.69, 9.17) is 0 Å². The number of hydrogen-bond donors (Lipinski definition) is 1. The fraction of sp³-hybridized carbons (Fsp3) is 0.385. The molecule has 17 heavy (non-hydrogen) atoms. The molecule has 2 rings (SSSR count). The van der Waals surface area contributed by atoms with Crippen molar-refractivity contribution in [2.45, 2.75) is 26.3 Å². The first kappa shape index (κ1) is 12.2. The lowest BCUT2D eigenvalue weighted by Gasteiger charge is -2.17. The van der Waals surface area contributed by atoms with Crippen LogP contribution in [0, 0.1) is 0 Å². The summed E-state index contributed by atoms with van der Waals surface area (Å²) in [6, 6.07) is 2.42. The molecule has 2 aromatic rings. The lowest BCUT2D eigenvalue weighted by Crippen LogP contribution is -2.22. The number of nitrogens with one attached hydrogen (secondary N) is 1. The Morgan fingerprint density at radius 2 is 2.06 bits per heavy atom. The van der Waals surface area contributed by atoms with Crippen LogP contribution in [0.1, 0.15) is 35.9 Å². The molecule has 2 heterocycles. The first-order chi connectivity index (χ1) is 8.36. The van der Waals surface area contributed by atoms with E-state index < -0.39 is 0 Å². The van der Waals surface area contributed by atoms with E-state index in [1.54, 1.807) is 17.7 Å². The molecule has 2 aromatic heterocycles. The first-order valence-electron chi connectivity index (χ1n) is 5.91. The van der Waals surface area contributed by atoms with E-state index >= 15 is 0 Å². The maximum absolute atomic E-state index is 4.11. The molecule has 0 saturated heterocycles. The van der Waals surface area contributed by atoms with Gasteiger partial charge in [0, 0.05) is 22.8 Å². The number of hydrogen-bond acceptors (Lipinski definition) is 4. The quantitative estimate of drug-likeness (QED) is 0.883. The standard InChI is InChI=1S/C13H17N3S/c1-3-10-5-6-17-13(10)12(16-4-2)11-7-14-9-15-8-11/h5-9,12,16H,3-4H2,1-2H3. The summed E-state index contributed by atoms with van der Waals surface area (Å²) in [7, 11) is 0. The lowest BCUT2D eigenvalue weighted by molar-refractivity contribution is 0.630. The second kappa shape index (κ2) is 5.89. The number of rotatable bonds is 5. The van der Waals surface area contributed by atoms with E-state index in [0.29, 0.717) is 0 Å². The molecule has 0 aromatic carbocycles. The molecule has 1 N–H and O–H groups in total. The summed E-state index contributed by atoms with van der Waals surface area (Å²) in [5.41, 5.74) is 2.54. The second-order valence-corrected chi connectivity index (χ2v) is 4.77. The Hall–Kier alpha value is -1.26. The number of nitrogens with zero attached hydrogens (tertiary/aromatic N) is 2. The molecular formula is C13H17N3S. The minimum absolute atomic E-state index is 0.219. The zero-order valence-electron chi connectivity index (χ0n) is 10.2. The van der Waals surface area contributed by atoms with Gasteiger partial charge < -0.3 is 5.32 Å². The summed E-state index contributed by atoms with van der Waals surface area (Å²) in [6.45, 7) is 5.24. The van der Waals surface area contributed by atoms with Crippen molar-refractivity contribution in [3.8, 4) is 0 Å². The highest BCUT2D eigenvalue weighted by atomic mass is 32.1. The van der Waals surface area contributed by atoms with E-state index in [2.05, 4.69) is 40.6 Å². The molecule has 0 radical (unpaired) electrons. The zero-order valence-corrected chi connectivity index (χ0v) is 11.0. The van der Waals surface area contributed by atoms with Gasteiger partial charge in [-0.05, 0) is 30.0 Å². The number of aryl methyl sites for hydroxylation is 1. The van der Waals surface area contributed by atoms with E-state index in [1.165, 1.54) is 10.4 Å². The summed E-state index contributed by atoms with van der Waals surface area (Å²) in [6.07, 6.45) is 6.41. The normalized spacial score (nSPS) is 12.6. The fourth-order valence-corrected chi connectivity index (χ4v) is 3.02. The predicted molar refractivity (Wildman–Crippen MR) is 71.2 cm³/mol. The molecule has 90 valence electrons. The second-order valence-electron chi connectivity index (χ2n) is 3.83. The summed E-state index contributed by atoms with van der Waals surface area (Å²) in [5.74, 6) is 0. The molecule has 0 amide bonds.